The number of hydrogen-bond acceptors (Lipinski definition) is 5. The number of carbonyl (C=O) groups is 1. The molecule has 1 aromatic heterocycles. The van der Waals surface area contributed by atoms with Gasteiger partial charge in [-0.2, -0.15) is 0 Å². The van der Waals surface area contributed by atoms with Gasteiger partial charge < -0.3 is 14.5 Å². The number of hydrogen-bond donors (Lipinski definition) is 0. The third-order valence-electron chi connectivity index (χ3n) is 4.70. The average molecular weight is 304 g/mol. The summed E-state index contributed by atoms with van der Waals surface area (Å²) >= 11 is 0. The topological polar surface area (TPSA) is 58.6 Å². The number of nitrogens with zero attached hydrogens (tertiary/aromatic N) is 4. The predicted octanol–water partition coefficient (Wildman–Crippen LogP) is 1.17. The Hall–Kier alpha value is -1.69. The third-order valence-corrected chi connectivity index (χ3v) is 4.70. The minimum absolute atomic E-state index is 0.0709. The van der Waals surface area contributed by atoms with Crippen LogP contribution in [0.15, 0.2) is 6.33 Å². The smallest absolute Gasteiger partial charge is 0.227 e. The van der Waals surface area contributed by atoms with E-state index in [-0.39, 0.29) is 11.8 Å². The maximum Gasteiger partial charge on any atom is 0.227 e. The minimum Gasteiger partial charge on any atom is -0.378 e. The van der Waals surface area contributed by atoms with Crippen molar-refractivity contribution in [3.63, 3.8) is 0 Å². The van der Waals surface area contributed by atoms with E-state index in [1.165, 1.54) is 0 Å². The van der Waals surface area contributed by atoms with Crippen LogP contribution in [0.25, 0.3) is 0 Å². The SMILES string of the molecule is Cc1ncnc(N2CCCC(C(=O)N3CCOCC3)C2)c1C. The fraction of sp³-hybridized carbons (Fsp3) is 0.688. The van der Waals surface area contributed by atoms with E-state index in [1.54, 1.807) is 6.33 Å². The minimum atomic E-state index is 0.0709. The van der Waals surface area contributed by atoms with Crippen molar-refractivity contribution in [3.05, 3.63) is 17.6 Å². The van der Waals surface area contributed by atoms with E-state index in [9.17, 15) is 4.79 Å². The monoisotopic (exact) mass is 304 g/mol. The van der Waals surface area contributed by atoms with Crippen LogP contribution in [0.1, 0.15) is 24.1 Å². The van der Waals surface area contributed by atoms with Crippen molar-refractivity contribution in [2.75, 3.05) is 44.3 Å². The molecule has 1 atom stereocenters. The normalized spacial score (nSPS) is 22.7. The highest BCUT2D eigenvalue weighted by Crippen LogP contribution is 2.26. The van der Waals surface area contributed by atoms with Crippen LogP contribution in [-0.2, 0) is 9.53 Å². The number of amides is 1. The van der Waals surface area contributed by atoms with Crippen LogP contribution in [0, 0.1) is 19.8 Å². The molecule has 2 aliphatic heterocycles. The molecule has 6 heteroatoms. The lowest BCUT2D eigenvalue weighted by atomic mass is 9.96. The Morgan fingerprint density at radius 1 is 1.23 bits per heavy atom. The van der Waals surface area contributed by atoms with Crippen molar-refractivity contribution in [1.29, 1.82) is 0 Å². The van der Waals surface area contributed by atoms with Crippen LogP contribution in [0.5, 0.6) is 0 Å². The number of ether oxygens (including phenoxy) is 1. The van der Waals surface area contributed by atoms with E-state index >= 15 is 0 Å². The van der Waals surface area contributed by atoms with Gasteiger partial charge in [-0.05, 0) is 26.7 Å². The molecule has 1 amide bonds. The molecule has 22 heavy (non-hydrogen) atoms. The van der Waals surface area contributed by atoms with Crippen LogP contribution in [0.2, 0.25) is 0 Å². The highest BCUT2D eigenvalue weighted by atomic mass is 16.5. The third kappa shape index (κ3) is 3.06. The number of anilines is 1. The van der Waals surface area contributed by atoms with Gasteiger partial charge in [-0.25, -0.2) is 9.97 Å². The van der Waals surface area contributed by atoms with Gasteiger partial charge in [-0.3, -0.25) is 4.79 Å². The standard InChI is InChI=1S/C16H24N4O2/c1-12-13(2)17-11-18-15(12)20-5-3-4-14(10-20)16(21)19-6-8-22-9-7-19/h11,14H,3-10H2,1-2H3. The Bertz CT molecular complexity index is 543. The summed E-state index contributed by atoms with van der Waals surface area (Å²) in [6.45, 7) is 8.54. The molecule has 1 unspecified atom stereocenters. The van der Waals surface area contributed by atoms with Crippen LogP contribution < -0.4 is 4.90 Å². The molecule has 2 fully saturated rings. The number of aromatic nitrogens is 2. The van der Waals surface area contributed by atoms with E-state index < -0.39 is 0 Å². The van der Waals surface area contributed by atoms with Crippen LogP contribution >= 0.6 is 0 Å². The first-order chi connectivity index (χ1) is 10.7. The zero-order valence-electron chi connectivity index (χ0n) is 13.4. The van der Waals surface area contributed by atoms with Gasteiger partial charge in [-0.15, -0.1) is 0 Å². The summed E-state index contributed by atoms with van der Waals surface area (Å²) in [5.41, 5.74) is 2.12. The summed E-state index contributed by atoms with van der Waals surface area (Å²) in [4.78, 5) is 25.6. The Morgan fingerprint density at radius 2 is 2.00 bits per heavy atom. The molecular weight excluding hydrogens is 280 g/mol. The van der Waals surface area contributed by atoms with E-state index in [0.29, 0.717) is 13.2 Å². The van der Waals surface area contributed by atoms with Gasteiger partial charge in [-0.1, -0.05) is 0 Å². The molecule has 0 bridgehead atoms. The van der Waals surface area contributed by atoms with E-state index in [4.69, 9.17) is 4.74 Å². The molecule has 6 nitrogen and oxygen atoms in total. The molecule has 0 N–H and O–H groups in total. The summed E-state index contributed by atoms with van der Waals surface area (Å²) in [5, 5.41) is 0. The molecule has 0 spiro atoms. The summed E-state index contributed by atoms with van der Waals surface area (Å²) in [6.07, 6.45) is 3.62. The molecule has 0 saturated carbocycles. The van der Waals surface area contributed by atoms with Gasteiger partial charge >= 0.3 is 0 Å². The van der Waals surface area contributed by atoms with Gasteiger partial charge in [0, 0.05) is 37.4 Å². The highest BCUT2D eigenvalue weighted by Gasteiger charge is 2.31. The van der Waals surface area contributed by atoms with E-state index in [0.717, 1.165) is 56.1 Å². The maximum absolute atomic E-state index is 12.7. The molecular formula is C16H24N4O2. The first-order valence-corrected chi connectivity index (χ1v) is 8.06. The van der Waals surface area contributed by atoms with Crippen LogP contribution in [0.3, 0.4) is 0 Å². The average Bonchev–Trinajstić information content (AvgIpc) is 2.57. The van der Waals surface area contributed by atoms with Crippen molar-refractivity contribution in [1.82, 2.24) is 14.9 Å². The summed E-state index contributed by atoms with van der Waals surface area (Å²) in [7, 11) is 0. The van der Waals surface area contributed by atoms with Crippen molar-refractivity contribution in [2.24, 2.45) is 5.92 Å². The first kappa shape index (κ1) is 15.2. The molecule has 2 aliphatic rings. The van der Waals surface area contributed by atoms with Crippen LogP contribution in [-0.4, -0.2) is 60.2 Å². The van der Waals surface area contributed by atoms with Gasteiger partial charge in [0.1, 0.15) is 12.1 Å². The van der Waals surface area contributed by atoms with Gasteiger partial charge in [0.05, 0.1) is 19.1 Å². The van der Waals surface area contributed by atoms with Crippen molar-refractivity contribution < 1.29 is 9.53 Å². The molecule has 0 aromatic carbocycles. The van der Waals surface area contributed by atoms with Crippen LogP contribution in [0.4, 0.5) is 5.82 Å². The second kappa shape index (κ2) is 6.60. The number of morpholine rings is 1. The van der Waals surface area contributed by atoms with Crippen molar-refractivity contribution >= 4 is 11.7 Å². The first-order valence-electron chi connectivity index (χ1n) is 8.06. The van der Waals surface area contributed by atoms with Gasteiger partial charge in [0.25, 0.3) is 0 Å². The molecule has 3 heterocycles. The lowest BCUT2D eigenvalue weighted by Gasteiger charge is -2.37. The molecule has 1 aromatic rings. The summed E-state index contributed by atoms with van der Waals surface area (Å²) in [6, 6.07) is 0. The number of rotatable bonds is 2. The molecule has 120 valence electrons. The zero-order chi connectivity index (χ0) is 15.5. The number of aryl methyl sites for hydroxylation is 1. The molecule has 2 saturated heterocycles. The van der Waals surface area contributed by atoms with Crippen molar-refractivity contribution in [3.8, 4) is 0 Å². The summed E-state index contributed by atoms with van der Waals surface area (Å²) < 4.78 is 5.34. The second-order valence-electron chi connectivity index (χ2n) is 6.13. The Balaban J connectivity index is 1.71. The highest BCUT2D eigenvalue weighted by molar-refractivity contribution is 5.80. The second-order valence-corrected chi connectivity index (χ2v) is 6.13. The quantitative estimate of drug-likeness (QED) is 0.821. The van der Waals surface area contributed by atoms with E-state index in [1.807, 2.05) is 11.8 Å². The number of carbonyl (C=O) groups excluding carboxylic acids is 1. The van der Waals surface area contributed by atoms with Gasteiger partial charge in [0.2, 0.25) is 5.91 Å². The number of piperidine rings is 1. The maximum atomic E-state index is 12.7. The van der Waals surface area contributed by atoms with Crippen molar-refractivity contribution in [2.45, 2.75) is 26.7 Å². The molecule has 0 aliphatic carbocycles. The largest absolute Gasteiger partial charge is 0.378 e. The lowest BCUT2D eigenvalue weighted by molar-refractivity contribution is -0.139. The lowest BCUT2D eigenvalue weighted by Crippen LogP contribution is -2.48. The Labute approximate surface area is 131 Å². The Morgan fingerprint density at radius 3 is 2.77 bits per heavy atom. The zero-order valence-corrected chi connectivity index (χ0v) is 13.4. The predicted molar refractivity (Wildman–Crippen MR) is 83.8 cm³/mol. The fourth-order valence-corrected chi connectivity index (χ4v) is 3.26. The molecule has 3 rings (SSSR count). The Kier molecular flexibility index (Phi) is 4.57. The van der Waals surface area contributed by atoms with E-state index in [2.05, 4.69) is 21.8 Å². The fourth-order valence-electron chi connectivity index (χ4n) is 3.26. The molecule has 0 radical (unpaired) electrons. The summed E-state index contributed by atoms with van der Waals surface area (Å²) in [5.74, 6) is 1.32. The van der Waals surface area contributed by atoms with Gasteiger partial charge in [0.15, 0.2) is 0 Å².